The number of hydrazone groups is 1. The molecular formula is C20H26N4S. The van der Waals surface area contributed by atoms with Crippen molar-refractivity contribution in [3.63, 3.8) is 0 Å². The third kappa shape index (κ3) is 5.87. The highest BCUT2D eigenvalue weighted by Crippen LogP contribution is 2.16. The molecule has 0 amide bonds. The highest BCUT2D eigenvalue weighted by molar-refractivity contribution is 7.80. The molecule has 132 valence electrons. The lowest BCUT2D eigenvalue weighted by atomic mass is 10.1. The van der Waals surface area contributed by atoms with Gasteiger partial charge in [-0.1, -0.05) is 36.8 Å². The monoisotopic (exact) mass is 354 g/mol. The maximum absolute atomic E-state index is 5.29. The van der Waals surface area contributed by atoms with Gasteiger partial charge in [-0.3, -0.25) is 5.43 Å². The Morgan fingerprint density at radius 3 is 2.52 bits per heavy atom. The zero-order chi connectivity index (χ0) is 18.2. The Kier molecular flexibility index (Phi) is 6.95. The number of rotatable bonds is 6. The highest BCUT2D eigenvalue weighted by atomic mass is 32.1. The summed E-state index contributed by atoms with van der Waals surface area (Å²) in [6, 6.07) is 14.5. The largest absolute Gasteiger partial charge is 0.375 e. The van der Waals surface area contributed by atoms with Crippen molar-refractivity contribution >= 4 is 34.9 Å². The lowest BCUT2D eigenvalue weighted by Gasteiger charge is -2.18. The van der Waals surface area contributed by atoms with Crippen LogP contribution >= 0.6 is 12.2 Å². The predicted molar refractivity (Wildman–Crippen MR) is 113 cm³/mol. The van der Waals surface area contributed by atoms with Crippen molar-refractivity contribution in [2.45, 2.75) is 27.2 Å². The van der Waals surface area contributed by atoms with Gasteiger partial charge in [-0.2, -0.15) is 5.10 Å². The van der Waals surface area contributed by atoms with E-state index < -0.39 is 0 Å². The van der Waals surface area contributed by atoms with Gasteiger partial charge in [0.05, 0.1) is 6.21 Å². The smallest absolute Gasteiger partial charge is 0.191 e. The van der Waals surface area contributed by atoms with Gasteiger partial charge in [0.15, 0.2) is 5.11 Å². The quantitative estimate of drug-likeness (QED) is 0.456. The SMILES string of the molecule is CCCN(C)c1ccc(/C=N\NC(=S)Nc2ccc(C)cc2C)cc1. The fourth-order valence-corrected chi connectivity index (χ4v) is 2.71. The number of hydrogen-bond acceptors (Lipinski definition) is 3. The van der Waals surface area contributed by atoms with E-state index in [1.54, 1.807) is 6.21 Å². The molecule has 0 saturated carbocycles. The van der Waals surface area contributed by atoms with Gasteiger partial charge in [0.25, 0.3) is 0 Å². The number of aryl methyl sites for hydroxylation is 2. The van der Waals surface area contributed by atoms with Crippen molar-refractivity contribution in [1.29, 1.82) is 0 Å². The number of nitrogens with zero attached hydrogens (tertiary/aromatic N) is 2. The summed E-state index contributed by atoms with van der Waals surface area (Å²) >= 11 is 5.29. The summed E-state index contributed by atoms with van der Waals surface area (Å²) in [6.45, 7) is 7.35. The fourth-order valence-electron chi connectivity index (χ4n) is 2.55. The molecule has 0 aliphatic heterocycles. The molecule has 0 atom stereocenters. The molecule has 4 nitrogen and oxygen atoms in total. The zero-order valence-corrected chi connectivity index (χ0v) is 16.2. The molecule has 0 saturated heterocycles. The van der Waals surface area contributed by atoms with E-state index in [4.69, 9.17) is 12.2 Å². The van der Waals surface area contributed by atoms with Crippen LogP contribution in [0.1, 0.15) is 30.0 Å². The van der Waals surface area contributed by atoms with Crippen molar-refractivity contribution in [2.24, 2.45) is 5.10 Å². The Morgan fingerprint density at radius 1 is 1.16 bits per heavy atom. The standard InChI is InChI=1S/C20H26N4S/c1-5-12-24(4)18-9-7-17(8-10-18)14-21-23-20(25)22-19-11-6-15(2)13-16(19)3/h6-11,13-14H,5,12H2,1-4H3,(H2,22,23,25)/b21-14-. The Morgan fingerprint density at radius 2 is 1.88 bits per heavy atom. The van der Waals surface area contributed by atoms with Crippen LogP contribution in [0.2, 0.25) is 0 Å². The molecule has 0 bridgehead atoms. The van der Waals surface area contributed by atoms with E-state index in [0.29, 0.717) is 5.11 Å². The third-order valence-electron chi connectivity index (χ3n) is 3.90. The number of nitrogens with one attached hydrogen (secondary N) is 2. The molecule has 2 aromatic carbocycles. The summed E-state index contributed by atoms with van der Waals surface area (Å²) in [5.41, 5.74) is 8.46. The second-order valence-corrected chi connectivity index (χ2v) is 6.56. The number of hydrogen-bond donors (Lipinski definition) is 2. The fraction of sp³-hybridized carbons (Fsp3) is 0.300. The van der Waals surface area contributed by atoms with Gasteiger partial charge in [0, 0.05) is 25.0 Å². The number of anilines is 2. The number of thiocarbonyl (C=S) groups is 1. The first-order valence-corrected chi connectivity index (χ1v) is 8.89. The van der Waals surface area contributed by atoms with E-state index >= 15 is 0 Å². The minimum absolute atomic E-state index is 0.475. The first kappa shape index (κ1) is 18.9. The molecule has 0 aliphatic carbocycles. The summed E-state index contributed by atoms with van der Waals surface area (Å²) in [5.74, 6) is 0. The van der Waals surface area contributed by atoms with Gasteiger partial charge in [0.2, 0.25) is 0 Å². The van der Waals surface area contributed by atoms with E-state index in [1.807, 2.05) is 18.2 Å². The average Bonchev–Trinajstić information content (AvgIpc) is 2.58. The molecule has 0 unspecified atom stereocenters. The van der Waals surface area contributed by atoms with Crippen LogP contribution in [0.4, 0.5) is 11.4 Å². The van der Waals surface area contributed by atoms with Crippen LogP contribution < -0.4 is 15.6 Å². The van der Waals surface area contributed by atoms with Gasteiger partial charge >= 0.3 is 0 Å². The molecule has 5 heteroatoms. The maximum atomic E-state index is 5.29. The van der Waals surface area contributed by atoms with E-state index in [0.717, 1.165) is 29.8 Å². The predicted octanol–water partition coefficient (Wildman–Crippen LogP) is 4.47. The third-order valence-corrected chi connectivity index (χ3v) is 4.10. The van der Waals surface area contributed by atoms with Gasteiger partial charge in [-0.15, -0.1) is 0 Å². The van der Waals surface area contributed by atoms with Crippen molar-refractivity contribution in [1.82, 2.24) is 5.43 Å². The average molecular weight is 355 g/mol. The summed E-state index contributed by atoms with van der Waals surface area (Å²) < 4.78 is 0. The maximum Gasteiger partial charge on any atom is 0.191 e. The van der Waals surface area contributed by atoms with Crippen molar-refractivity contribution in [3.8, 4) is 0 Å². The summed E-state index contributed by atoms with van der Waals surface area (Å²) in [5, 5.41) is 7.84. The second-order valence-electron chi connectivity index (χ2n) is 6.16. The van der Waals surface area contributed by atoms with E-state index in [9.17, 15) is 0 Å². The summed E-state index contributed by atoms with van der Waals surface area (Å²) in [6.07, 6.45) is 2.90. The minimum Gasteiger partial charge on any atom is -0.375 e. The van der Waals surface area contributed by atoms with Crippen LogP contribution in [0.3, 0.4) is 0 Å². The van der Waals surface area contributed by atoms with Crippen LogP contribution in [0.25, 0.3) is 0 Å². The van der Waals surface area contributed by atoms with Gasteiger partial charge < -0.3 is 10.2 Å². The molecule has 2 rings (SSSR count). The van der Waals surface area contributed by atoms with Crippen molar-refractivity contribution in [3.05, 3.63) is 59.2 Å². The van der Waals surface area contributed by atoms with E-state index in [1.165, 1.54) is 11.3 Å². The topological polar surface area (TPSA) is 39.7 Å². The van der Waals surface area contributed by atoms with Crippen LogP contribution in [-0.2, 0) is 0 Å². The summed E-state index contributed by atoms with van der Waals surface area (Å²) in [4.78, 5) is 2.24. The molecule has 0 heterocycles. The lowest BCUT2D eigenvalue weighted by molar-refractivity contribution is 0.852. The Labute approximate surface area is 155 Å². The van der Waals surface area contributed by atoms with Crippen molar-refractivity contribution in [2.75, 3.05) is 23.8 Å². The molecule has 0 aromatic heterocycles. The van der Waals surface area contributed by atoms with Crippen LogP contribution in [-0.4, -0.2) is 24.9 Å². The van der Waals surface area contributed by atoms with Crippen LogP contribution in [0, 0.1) is 13.8 Å². The van der Waals surface area contributed by atoms with Gasteiger partial charge in [-0.25, -0.2) is 0 Å². The highest BCUT2D eigenvalue weighted by Gasteiger charge is 2.01. The number of benzene rings is 2. The molecule has 0 radical (unpaired) electrons. The zero-order valence-electron chi connectivity index (χ0n) is 15.3. The molecule has 25 heavy (non-hydrogen) atoms. The van der Waals surface area contributed by atoms with Gasteiger partial charge in [-0.05, 0) is 61.8 Å². The molecule has 0 aliphatic rings. The molecule has 2 aromatic rings. The normalized spacial score (nSPS) is 10.7. The minimum atomic E-state index is 0.475. The molecule has 0 fully saturated rings. The van der Waals surface area contributed by atoms with Crippen LogP contribution in [0.15, 0.2) is 47.6 Å². The van der Waals surface area contributed by atoms with Crippen LogP contribution in [0.5, 0.6) is 0 Å². The van der Waals surface area contributed by atoms with Gasteiger partial charge in [0.1, 0.15) is 0 Å². The van der Waals surface area contributed by atoms with E-state index in [-0.39, 0.29) is 0 Å². The Bertz CT molecular complexity index is 738. The molecular weight excluding hydrogens is 328 g/mol. The first-order valence-electron chi connectivity index (χ1n) is 8.48. The molecule has 2 N–H and O–H groups in total. The Hall–Kier alpha value is -2.40. The second kappa shape index (κ2) is 9.18. The molecule has 0 spiro atoms. The first-order chi connectivity index (χ1) is 12.0. The van der Waals surface area contributed by atoms with E-state index in [2.05, 4.69) is 72.8 Å². The summed E-state index contributed by atoms with van der Waals surface area (Å²) in [7, 11) is 2.10. The lowest BCUT2D eigenvalue weighted by Crippen LogP contribution is -2.24. The Balaban J connectivity index is 1.88. The van der Waals surface area contributed by atoms with Crippen molar-refractivity contribution < 1.29 is 0 Å².